The number of aromatic nitrogens is 4. The summed E-state index contributed by atoms with van der Waals surface area (Å²) in [5, 5.41) is 12.1. The molecule has 4 aliphatic rings. The van der Waals surface area contributed by atoms with Crippen molar-refractivity contribution < 1.29 is 19.1 Å². The van der Waals surface area contributed by atoms with Crippen LogP contribution in [0.5, 0.6) is 0 Å². The average molecular weight is 694 g/mol. The number of rotatable bonds is 5. The summed E-state index contributed by atoms with van der Waals surface area (Å²) in [4.78, 5) is 31.4. The number of hydrogen-bond acceptors (Lipinski definition) is 7. The van der Waals surface area contributed by atoms with Crippen LogP contribution in [0, 0.1) is 19.3 Å². The highest BCUT2D eigenvalue weighted by atomic mass is 35.5. The Kier molecular flexibility index (Phi) is 8.49. The number of nitrogens with zero attached hydrogens (tertiary/aromatic N) is 7. The molecule has 2 aromatic heterocycles. The highest BCUT2D eigenvalue weighted by Gasteiger charge is 2.56. The lowest BCUT2D eigenvalue weighted by molar-refractivity contribution is -0.130. The summed E-state index contributed by atoms with van der Waals surface area (Å²) < 4.78 is 16.1. The monoisotopic (exact) mass is 693 g/mol. The number of likely N-dealkylation sites (tertiary alicyclic amines) is 1. The van der Waals surface area contributed by atoms with Crippen LogP contribution in [0.3, 0.4) is 0 Å². The van der Waals surface area contributed by atoms with Gasteiger partial charge in [-0.25, -0.2) is 9.48 Å². The number of benzene rings is 1. The minimum atomic E-state index is -0.508. The van der Waals surface area contributed by atoms with Gasteiger partial charge < -0.3 is 24.2 Å². The van der Waals surface area contributed by atoms with E-state index >= 15 is 0 Å². The first kappa shape index (κ1) is 34.2. The van der Waals surface area contributed by atoms with Crippen LogP contribution in [0.4, 0.5) is 10.6 Å². The number of aryl methyl sites for hydroxylation is 1. The Bertz CT molecular complexity index is 1770. The van der Waals surface area contributed by atoms with Gasteiger partial charge in [-0.05, 0) is 91.7 Å². The van der Waals surface area contributed by atoms with E-state index in [1.165, 1.54) is 0 Å². The van der Waals surface area contributed by atoms with Gasteiger partial charge >= 0.3 is 6.09 Å². The van der Waals surface area contributed by atoms with Crippen LogP contribution in [0.1, 0.15) is 104 Å². The molecule has 0 N–H and O–H groups in total. The fourth-order valence-corrected chi connectivity index (χ4v) is 8.86. The number of ether oxygens (including phenoxy) is 2. The lowest BCUT2D eigenvalue weighted by Crippen LogP contribution is -2.64. The van der Waals surface area contributed by atoms with Crippen molar-refractivity contribution in [3.63, 3.8) is 0 Å². The highest BCUT2D eigenvalue weighted by molar-refractivity contribution is 6.36. The van der Waals surface area contributed by atoms with E-state index in [4.69, 9.17) is 31.3 Å². The van der Waals surface area contributed by atoms with Crippen LogP contribution in [-0.2, 0) is 14.3 Å². The van der Waals surface area contributed by atoms with Gasteiger partial charge in [0, 0.05) is 73.9 Å². The third kappa shape index (κ3) is 5.88. The molecular formula is C37H52ClN7O4. The number of carbonyl (C=O) groups is 2. The molecule has 1 spiro atoms. The van der Waals surface area contributed by atoms with Crippen molar-refractivity contribution in [1.82, 2.24) is 29.4 Å². The Labute approximate surface area is 294 Å². The third-order valence-electron chi connectivity index (χ3n) is 11.5. The van der Waals surface area contributed by atoms with Crippen LogP contribution in [-0.4, -0.2) is 91.8 Å². The maximum Gasteiger partial charge on any atom is 0.410 e. The van der Waals surface area contributed by atoms with Gasteiger partial charge in [-0.15, -0.1) is 0 Å². The van der Waals surface area contributed by atoms with Crippen molar-refractivity contribution in [3.05, 3.63) is 28.5 Å². The lowest BCUT2D eigenvalue weighted by Gasteiger charge is -2.58. The second kappa shape index (κ2) is 12.2. The van der Waals surface area contributed by atoms with E-state index in [1.807, 2.05) is 41.4 Å². The van der Waals surface area contributed by atoms with Gasteiger partial charge in [0.1, 0.15) is 5.60 Å². The Morgan fingerprint density at radius 3 is 2.43 bits per heavy atom. The second-order valence-electron chi connectivity index (χ2n) is 16.3. The van der Waals surface area contributed by atoms with Crippen molar-refractivity contribution in [1.29, 1.82) is 0 Å². The first-order valence-electron chi connectivity index (χ1n) is 18.0. The van der Waals surface area contributed by atoms with Crippen LogP contribution in [0.15, 0.2) is 12.3 Å². The minimum absolute atomic E-state index is 0.0973. The van der Waals surface area contributed by atoms with E-state index in [-0.39, 0.29) is 35.2 Å². The molecule has 1 unspecified atom stereocenters. The van der Waals surface area contributed by atoms with Crippen LogP contribution < -0.4 is 4.90 Å². The molecule has 1 saturated carbocycles. The maximum atomic E-state index is 12.7. The van der Waals surface area contributed by atoms with Gasteiger partial charge in [0.05, 0.1) is 28.3 Å². The largest absolute Gasteiger partial charge is 0.444 e. The molecule has 266 valence electrons. The second-order valence-corrected chi connectivity index (χ2v) is 16.7. The normalized spacial score (nSPS) is 24.3. The third-order valence-corrected chi connectivity index (χ3v) is 11.9. The number of piperazine rings is 1. The number of hydrogen-bond donors (Lipinski definition) is 0. The van der Waals surface area contributed by atoms with E-state index < -0.39 is 5.60 Å². The predicted molar refractivity (Wildman–Crippen MR) is 191 cm³/mol. The summed E-state index contributed by atoms with van der Waals surface area (Å²) in [5.74, 6) is 1.01. The Morgan fingerprint density at radius 2 is 1.80 bits per heavy atom. The lowest BCUT2D eigenvalue weighted by atomic mass is 9.61. The zero-order valence-corrected chi connectivity index (χ0v) is 31.2. The molecule has 0 radical (unpaired) electrons. The molecule has 11 nitrogen and oxygen atoms in total. The van der Waals surface area contributed by atoms with Gasteiger partial charge in [0.15, 0.2) is 12.0 Å². The van der Waals surface area contributed by atoms with Crippen LogP contribution in [0.25, 0.3) is 22.0 Å². The van der Waals surface area contributed by atoms with Gasteiger partial charge in [-0.1, -0.05) is 18.5 Å². The number of anilines is 1. The number of halogens is 1. The summed E-state index contributed by atoms with van der Waals surface area (Å²) in [7, 11) is 0. The average Bonchev–Trinajstić information content (AvgIpc) is 3.56. The van der Waals surface area contributed by atoms with Crippen molar-refractivity contribution in [2.75, 3.05) is 44.2 Å². The SMILES string of the molecule is CC[C@@]1(C)CN(C(C)=O)CCN1c1nn(C2CC3(C2)CN(C(=O)OC(C)(C)C)C3)c(C)c1-c1c(Cl)c(C)cc2c1cnn2C1CCCCO1. The van der Waals surface area contributed by atoms with Gasteiger partial charge in [0.2, 0.25) is 5.91 Å². The molecule has 3 aromatic rings. The van der Waals surface area contributed by atoms with Crippen LogP contribution >= 0.6 is 11.6 Å². The summed E-state index contributed by atoms with van der Waals surface area (Å²) in [6.07, 6.45) is 7.48. The van der Waals surface area contributed by atoms with Crippen molar-refractivity contribution in [2.45, 2.75) is 117 Å². The molecular weight excluding hydrogens is 642 g/mol. The quantitative estimate of drug-likeness (QED) is 0.277. The van der Waals surface area contributed by atoms with Crippen molar-refractivity contribution in [2.24, 2.45) is 5.41 Å². The van der Waals surface area contributed by atoms with Gasteiger partial charge in [-0.2, -0.15) is 10.2 Å². The number of fused-ring (bicyclic) bond motifs is 1. The Morgan fingerprint density at radius 1 is 1.06 bits per heavy atom. The molecule has 2 amide bonds. The summed E-state index contributed by atoms with van der Waals surface area (Å²) in [6, 6.07) is 2.34. The highest BCUT2D eigenvalue weighted by Crippen LogP contribution is 2.56. The van der Waals surface area contributed by atoms with E-state index in [1.54, 1.807) is 6.92 Å². The van der Waals surface area contributed by atoms with Crippen LogP contribution in [0.2, 0.25) is 5.02 Å². The van der Waals surface area contributed by atoms with E-state index in [2.05, 4.69) is 43.3 Å². The topological polar surface area (TPSA) is 98.0 Å². The molecule has 3 saturated heterocycles. The first-order chi connectivity index (χ1) is 23.1. The molecule has 0 bridgehead atoms. The van der Waals surface area contributed by atoms with E-state index in [0.717, 1.165) is 84.2 Å². The number of carbonyl (C=O) groups excluding carboxylic acids is 2. The zero-order valence-electron chi connectivity index (χ0n) is 30.4. The maximum absolute atomic E-state index is 12.7. The first-order valence-corrected chi connectivity index (χ1v) is 18.4. The van der Waals surface area contributed by atoms with Gasteiger partial charge in [0.25, 0.3) is 0 Å². The molecule has 2 atom stereocenters. The minimum Gasteiger partial charge on any atom is -0.444 e. The summed E-state index contributed by atoms with van der Waals surface area (Å²) in [6.45, 7) is 20.1. The fourth-order valence-electron chi connectivity index (χ4n) is 8.61. The molecule has 1 aliphatic carbocycles. The van der Waals surface area contributed by atoms with E-state index in [9.17, 15) is 9.59 Å². The van der Waals surface area contributed by atoms with E-state index in [0.29, 0.717) is 37.7 Å². The van der Waals surface area contributed by atoms with Gasteiger partial charge in [-0.3, -0.25) is 9.48 Å². The summed E-state index contributed by atoms with van der Waals surface area (Å²) in [5.41, 5.74) is 4.33. The summed E-state index contributed by atoms with van der Waals surface area (Å²) >= 11 is 7.33. The van der Waals surface area contributed by atoms with Crippen molar-refractivity contribution in [3.8, 4) is 11.1 Å². The molecule has 5 heterocycles. The smallest absolute Gasteiger partial charge is 0.410 e. The molecule has 7 rings (SSSR count). The number of amides is 2. The van der Waals surface area contributed by atoms with Crippen molar-refractivity contribution >= 4 is 40.3 Å². The fraction of sp³-hybridized carbons (Fsp3) is 0.676. The molecule has 4 fully saturated rings. The predicted octanol–water partition coefficient (Wildman–Crippen LogP) is 7.28. The Balaban J connectivity index is 1.29. The molecule has 49 heavy (non-hydrogen) atoms. The molecule has 1 aromatic carbocycles. The molecule has 12 heteroatoms. The molecule has 3 aliphatic heterocycles. The Hall–Kier alpha value is -3.31. The zero-order chi connectivity index (χ0) is 35.0. The standard InChI is InChI=1S/C37H52ClN7O4/c1-9-36(8)20-41(25(4)46)13-14-43(36)33-30(31-27-19-39-45(29-12-10-11-15-48-29)28(27)16-23(2)32(31)38)24(3)44(40-33)26-17-37(18-26)21-42(22-37)34(47)49-35(5,6)7/h16,19,26,29H,9-15,17-18,20-22H2,1-8H3/t29?,36-/m0/s1.